The third kappa shape index (κ3) is 3.04. The molecular formula is C17H15NO2. The van der Waals surface area contributed by atoms with Crippen LogP contribution < -0.4 is 4.74 Å². The van der Waals surface area contributed by atoms with Gasteiger partial charge >= 0.3 is 0 Å². The van der Waals surface area contributed by atoms with Gasteiger partial charge in [0.2, 0.25) is 0 Å². The summed E-state index contributed by atoms with van der Waals surface area (Å²) in [5, 5.41) is 8.72. The highest BCUT2D eigenvalue weighted by atomic mass is 16.5. The van der Waals surface area contributed by atoms with Crippen LogP contribution in [0, 0.1) is 25.2 Å². The summed E-state index contributed by atoms with van der Waals surface area (Å²) in [5.41, 5.74) is 3.11. The summed E-state index contributed by atoms with van der Waals surface area (Å²) in [6.07, 6.45) is 0. The van der Waals surface area contributed by atoms with Crippen LogP contribution in [0.1, 0.15) is 27.0 Å². The largest absolute Gasteiger partial charge is 0.485 e. The maximum absolute atomic E-state index is 12.0. The molecule has 20 heavy (non-hydrogen) atoms. The Labute approximate surface area is 118 Å². The van der Waals surface area contributed by atoms with E-state index in [4.69, 9.17) is 10.00 Å². The first-order valence-corrected chi connectivity index (χ1v) is 6.34. The molecule has 0 unspecified atom stereocenters. The van der Waals surface area contributed by atoms with E-state index in [2.05, 4.69) is 0 Å². The molecule has 100 valence electrons. The number of nitriles is 1. The number of ether oxygens (including phenoxy) is 1. The van der Waals surface area contributed by atoms with Crippen molar-refractivity contribution in [3.63, 3.8) is 0 Å². The van der Waals surface area contributed by atoms with Crippen LogP contribution in [0.15, 0.2) is 42.5 Å². The Morgan fingerprint density at radius 1 is 1.10 bits per heavy atom. The number of rotatable bonds is 4. The van der Waals surface area contributed by atoms with Crippen molar-refractivity contribution >= 4 is 5.78 Å². The molecule has 0 saturated carbocycles. The van der Waals surface area contributed by atoms with Gasteiger partial charge < -0.3 is 4.74 Å². The molecule has 0 aliphatic heterocycles. The number of nitrogens with zero attached hydrogens (tertiary/aromatic N) is 1. The number of carbonyl (C=O) groups excluding carboxylic acids is 1. The fourth-order valence-corrected chi connectivity index (χ4v) is 1.98. The fraction of sp³-hybridized carbons (Fsp3) is 0.176. The van der Waals surface area contributed by atoms with Gasteiger partial charge in [-0.25, -0.2) is 0 Å². The molecule has 0 fully saturated rings. The minimum atomic E-state index is -0.0999. The molecular weight excluding hydrogens is 250 g/mol. The van der Waals surface area contributed by atoms with E-state index in [1.807, 2.05) is 38.1 Å². The number of ketones is 1. The molecule has 0 N–H and O–H groups in total. The third-order valence-corrected chi connectivity index (χ3v) is 3.09. The zero-order valence-corrected chi connectivity index (χ0v) is 11.5. The molecule has 0 aromatic heterocycles. The minimum Gasteiger partial charge on any atom is -0.485 e. The van der Waals surface area contributed by atoms with E-state index >= 15 is 0 Å². The van der Waals surface area contributed by atoms with Gasteiger partial charge in [0.25, 0.3) is 0 Å². The second-order valence-corrected chi connectivity index (χ2v) is 4.62. The van der Waals surface area contributed by atoms with E-state index in [1.54, 1.807) is 24.3 Å². The predicted octanol–water partition coefficient (Wildman–Crippen LogP) is 3.44. The van der Waals surface area contributed by atoms with Gasteiger partial charge in [-0.05, 0) is 49.2 Å². The summed E-state index contributed by atoms with van der Waals surface area (Å²) in [4.78, 5) is 12.0. The summed E-state index contributed by atoms with van der Waals surface area (Å²) >= 11 is 0. The Morgan fingerprint density at radius 2 is 1.70 bits per heavy atom. The Kier molecular flexibility index (Phi) is 4.17. The summed E-state index contributed by atoms with van der Waals surface area (Å²) in [5.74, 6) is 0.659. The lowest BCUT2D eigenvalue weighted by Gasteiger charge is -2.11. The summed E-state index contributed by atoms with van der Waals surface area (Å²) in [7, 11) is 0. The second kappa shape index (κ2) is 6.03. The van der Waals surface area contributed by atoms with Gasteiger partial charge in [0.15, 0.2) is 12.4 Å². The topological polar surface area (TPSA) is 50.1 Å². The summed E-state index contributed by atoms with van der Waals surface area (Å²) in [6.45, 7) is 3.90. The second-order valence-electron chi connectivity index (χ2n) is 4.62. The number of Topliss-reactive ketones (excluding diaryl/α,β-unsaturated/α-hetero) is 1. The molecule has 2 aromatic rings. The molecule has 0 atom stereocenters. The molecule has 0 spiro atoms. The van der Waals surface area contributed by atoms with Crippen molar-refractivity contribution in [2.45, 2.75) is 13.8 Å². The van der Waals surface area contributed by atoms with Crippen molar-refractivity contribution in [3.05, 3.63) is 64.7 Å². The summed E-state index contributed by atoms with van der Waals surface area (Å²) in [6, 6.07) is 14.4. The van der Waals surface area contributed by atoms with Crippen molar-refractivity contribution in [1.82, 2.24) is 0 Å². The monoisotopic (exact) mass is 265 g/mol. The van der Waals surface area contributed by atoms with E-state index in [1.165, 1.54) is 0 Å². The van der Waals surface area contributed by atoms with E-state index in [-0.39, 0.29) is 12.4 Å². The van der Waals surface area contributed by atoms with Crippen molar-refractivity contribution in [2.24, 2.45) is 0 Å². The number of hydrogen-bond donors (Lipinski definition) is 0. The van der Waals surface area contributed by atoms with Crippen LogP contribution in [-0.4, -0.2) is 12.4 Å². The minimum absolute atomic E-state index is 0.00239. The number of benzene rings is 2. The lowest BCUT2D eigenvalue weighted by molar-refractivity contribution is 0.0920. The van der Waals surface area contributed by atoms with Gasteiger partial charge in [-0.3, -0.25) is 4.79 Å². The van der Waals surface area contributed by atoms with Crippen LogP contribution in [0.5, 0.6) is 5.75 Å². The van der Waals surface area contributed by atoms with E-state index < -0.39 is 0 Å². The van der Waals surface area contributed by atoms with Gasteiger partial charge in [0.1, 0.15) is 5.75 Å². The fourth-order valence-electron chi connectivity index (χ4n) is 1.98. The normalized spacial score (nSPS) is 9.85. The first-order chi connectivity index (χ1) is 9.61. The van der Waals surface area contributed by atoms with Gasteiger partial charge in [-0.2, -0.15) is 5.26 Å². The summed E-state index contributed by atoms with van der Waals surface area (Å²) < 4.78 is 5.63. The van der Waals surface area contributed by atoms with Crippen LogP contribution in [0.2, 0.25) is 0 Å². The highest BCUT2D eigenvalue weighted by Crippen LogP contribution is 2.22. The lowest BCUT2D eigenvalue weighted by Crippen LogP contribution is -2.12. The van der Waals surface area contributed by atoms with E-state index in [9.17, 15) is 4.79 Å². The molecule has 0 radical (unpaired) electrons. The molecule has 2 aromatic carbocycles. The van der Waals surface area contributed by atoms with Gasteiger partial charge in [-0.15, -0.1) is 0 Å². The standard InChI is InChI=1S/C17H15NO2/c1-12-4-3-5-13(2)17(12)20-11-16(19)15-8-6-14(10-18)7-9-15/h3-9H,11H2,1-2H3. The Hall–Kier alpha value is -2.60. The van der Waals surface area contributed by atoms with Gasteiger partial charge in [-0.1, -0.05) is 18.2 Å². The van der Waals surface area contributed by atoms with Gasteiger partial charge in [0, 0.05) is 5.56 Å². The molecule has 0 amide bonds. The predicted molar refractivity (Wildman–Crippen MR) is 76.9 cm³/mol. The molecule has 0 heterocycles. The molecule has 0 aliphatic rings. The van der Waals surface area contributed by atoms with Crippen molar-refractivity contribution < 1.29 is 9.53 Å². The molecule has 0 aliphatic carbocycles. The molecule has 3 heteroatoms. The van der Waals surface area contributed by atoms with Crippen molar-refractivity contribution in [3.8, 4) is 11.8 Å². The number of aryl methyl sites for hydroxylation is 2. The van der Waals surface area contributed by atoms with E-state index in [0.717, 1.165) is 16.9 Å². The zero-order valence-electron chi connectivity index (χ0n) is 11.5. The average Bonchev–Trinajstić information content (AvgIpc) is 2.46. The smallest absolute Gasteiger partial charge is 0.200 e. The van der Waals surface area contributed by atoms with Gasteiger partial charge in [0.05, 0.1) is 11.6 Å². The van der Waals surface area contributed by atoms with Crippen LogP contribution in [0.25, 0.3) is 0 Å². The Bertz CT molecular complexity index is 646. The van der Waals surface area contributed by atoms with E-state index in [0.29, 0.717) is 11.1 Å². The Morgan fingerprint density at radius 3 is 2.25 bits per heavy atom. The number of para-hydroxylation sites is 1. The molecule has 0 bridgehead atoms. The first-order valence-electron chi connectivity index (χ1n) is 6.34. The third-order valence-electron chi connectivity index (χ3n) is 3.09. The SMILES string of the molecule is Cc1cccc(C)c1OCC(=O)c1ccc(C#N)cc1. The van der Waals surface area contributed by atoms with Crippen molar-refractivity contribution in [2.75, 3.05) is 6.61 Å². The van der Waals surface area contributed by atoms with Crippen LogP contribution in [-0.2, 0) is 0 Å². The maximum atomic E-state index is 12.0. The van der Waals surface area contributed by atoms with Crippen LogP contribution >= 0.6 is 0 Å². The first kappa shape index (κ1) is 13.8. The zero-order chi connectivity index (χ0) is 14.5. The highest BCUT2D eigenvalue weighted by molar-refractivity contribution is 5.97. The molecule has 0 saturated heterocycles. The number of carbonyl (C=O) groups is 1. The van der Waals surface area contributed by atoms with Crippen LogP contribution in [0.3, 0.4) is 0 Å². The number of hydrogen-bond acceptors (Lipinski definition) is 3. The van der Waals surface area contributed by atoms with Crippen LogP contribution in [0.4, 0.5) is 0 Å². The lowest BCUT2D eigenvalue weighted by atomic mass is 10.1. The molecule has 2 rings (SSSR count). The molecule has 3 nitrogen and oxygen atoms in total. The average molecular weight is 265 g/mol. The highest BCUT2D eigenvalue weighted by Gasteiger charge is 2.09. The van der Waals surface area contributed by atoms with Crippen molar-refractivity contribution in [1.29, 1.82) is 5.26 Å². The quantitative estimate of drug-likeness (QED) is 0.796. The Balaban J connectivity index is 2.07. The maximum Gasteiger partial charge on any atom is 0.200 e.